The van der Waals surface area contributed by atoms with Crippen molar-refractivity contribution in [2.75, 3.05) is 20.1 Å². The van der Waals surface area contributed by atoms with E-state index in [0.717, 1.165) is 11.1 Å². The van der Waals surface area contributed by atoms with Crippen molar-refractivity contribution in [3.63, 3.8) is 0 Å². The Morgan fingerprint density at radius 1 is 1.17 bits per heavy atom. The van der Waals surface area contributed by atoms with Gasteiger partial charge >= 0.3 is 5.97 Å². The van der Waals surface area contributed by atoms with E-state index >= 15 is 0 Å². The summed E-state index contributed by atoms with van der Waals surface area (Å²) in [7, 11) is 1.72. The average Bonchev–Trinajstić information content (AvgIpc) is 2.56. The second-order valence-electron chi connectivity index (χ2n) is 5.30. The summed E-state index contributed by atoms with van der Waals surface area (Å²) in [6.45, 7) is 0.377. The highest BCUT2D eigenvalue weighted by atomic mass is 19.1. The fourth-order valence-electron chi connectivity index (χ4n) is 2.10. The van der Waals surface area contributed by atoms with Crippen molar-refractivity contribution in [2.24, 2.45) is 0 Å². The normalized spacial score (nSPS) is 11.0. The molecule has 2 aromatic carbocycles. The molecule has 1 N–H and O–H groups in total. The third kappa shape index (κ3) is 5.38. The average molecular weight is 323 g/mol. The van der Waals surface area contributed by atoms with Crippen LogP contribution >= 0.6 is 0 Å². The summed E-state index contributed by atoms with van der Waals surface area (Å²) < 4.78 is 13.7. The number of carboxylic acid groups (broad SMARTS) is 1. The largest absolute Gasteiger partial charge is 0.480 e. The zero-order chi connectivity index (χ0) is 17.4. The van der Waals surface area contributed by atoms with Crippen molar-refractivity contribution in [3.05, 3.63) is 77.6 Å². The highest BCUT2D eigenvalue weighted by Gasteiger charge is 2.04. The molecular weight excluding hydrogens is 305 g/mol. The summed E-state index contributed by atoms with van der Waals surface area (Å²) >= 11 is 0. The molecular formula is C20H18FNO2. The SMILES string of the molecule is CN(CC=C(C#Cc1ccccc1F)c1ccccc1)CC(=O)O. The van der Waals surface area contributed by atoms with Gasteiger partial charge in [-0.15, -0.1) is 0 Å². The molecule has 2 aromatic rings. The molecule has 122 valence electrons. The van der Waals surface area contributed by atoms with Gasteiger partial charge in [0.05, 0.1) is 12.1 Å². The topological polar surface area (TPSA) is 40.5 Å². The Labute approximate surface area is 141 Å². The summed E-state index contributed by atoms with van der Waals surface area (Å²) in [5.41, 5.74) is 1.97. The van der Waals surface area contributed by atoms with E-state index in [2.05, 4.69) is 11.8 Å². The Balaban J connectivity index is 2.28. The van der Waals surface area contributed by atoms with Crippen LogP contribution in [0, 0.1) is 17.7 Å². The van der Waals surface area contributed by atoms with E-state index in [1.54, 1.807) is 30.1 Å². The summed E-state index contributed by atoms with van der Waals surface area (Å²) in [5, 5.41) is 8.82. The molecule has 0 aliphatic rings. The van der Waals surface area contributed by atoms with E-state index < -0.39 is 5.97 Å². The van der Waals surface area contributed by atoms with E-state index in [4.69, 9.17) is 5.11 Å². The van der Waals surface area contributed by atoms with Crippen LogP contribution in [0.5, 0.6) is 0 Å². The molecule has 0 atom stereocenters. The third-order valence-corrected chi connectivity index (χ3v) is 3.30. The van der Waals surface area contributed by atoms with E-state index in [9.17, 15) is 9.18 Å². The Morgan fingerprint density at radius 3 is 2.50 bits per heavy atom. The van der Waals surface area contributed by atoms with Crippen LogP contribution in [0.25, 0.3) is 5.57 Å². The molecule has 0 aliphatic carbocycles. The second kappa shape index (κ2) is 8.66. The molecule has 24 heavy (non-hydrogen) atoms. The number of hydrogen-bond acceptors (Lipinski definition) is 2. The smallest absolute Gasteiger partial charge is 0.317 e. The van der Waals surface area contributed by atoms with Gasteiger partial charge in [-0.05, 0) is 24.7 Å². The number of allylic oxidation sites excluding steroid dienone is 1. The Bertz CT molecular complexity index is 788. The minimum Gasteiger partial charge on any atom is -0.480 e. The minimum atomic E-state index is -0.885. The Hall–Kier alpha value is -2.90. The Kier molecular flexibility index (Phi) is 6.30. The van der Waals surface area contributed by atoms with E-state index in [1.165, 1.54) is 6.07 Å². The van der Waals surface area contributed by atoms with Gasteiger partial charge in [0.15, 0.2) is 0 Å². The number of benzene rings is 2. The summed E-state index contributed by atoms with van der Waals surface area (Å²) in [5.74, 6) is 4.60. The van der Waals surface area contributed by atoms with E-state index in [0.29, 0.717) is 12.1 Å². The van der Waals surface area contributed by atoms with Crippen LogP contribution < -0.4 is 0 Å². The number of likely N-dealkylation sites (N-methyl/N-ethyl adjacent to an activating group) is 1. The monoisotopic (exact) mass is 323 g/mol. The fraction of sp³-hybridized carbons (Fsp3) is 0.150. The predicted octanol–water partition coefficient (Wildman–Crippen LogP) is 3.28. The molecule has 0 spiro atoms. The standard InChI is InChI=1S/C20H18FNO2/c1-22(15-20(23)24)14-13-17(16-7-3-2-4-8-16)11-12-18-9-5-6-10-19(18)21/h2-10,13H,14-15H2,1H3,(H,23,24). The van der Waals surface area contributed by atoms with Crippen LogP contribution in [-0.4, -0.2) is 36.1 Å². The van der Waals surface area contributed by atoms with Crippen molar-refractivity contribution in [1.29, 1.82) is 0 Å². The maximum Gasteiger partial charge on any atom is 0.317 e. The van der Waals surface area contributed by atoms with Gasteiger partial charge in [-0.25, -0.2) is 4.39 Å². The number of rotatable bonds is 5. The van der Waals surface area contributed by atoms with Gasteiger partial charge in [0.2, 0.25) is 0 Å². The van der Waals surface area contributed by atoms with Crippen molar-refractivity contribution in [3.8, 4) is 11.8 Å². The molecule has 0 aromatic heterocycles. The van der Waals surface area contributed by atoms with Crippen molar-refractivity contribution in [2.45, 2.75) is 0 Å². The molecule has 2 rings (SSSR count). The minimum absolute atomic E-state index is 0.0562. The molecule has 0 amide bonds. The lowest BCUT2D eigenvalue weighted by atomic mass is 10.1. The number of carbonyl (C=O) groups is 1. The summed E-state index contributed by atoms with van der Waals surface area (Å²) in [6.07, 6.45) is 1.85. The van der Waals surface area contributed by atoms with Crippen molar-refractivity contribution < 1.29 is 14.3 Å². The highest BCUT2D eigenvalue weighted by molar-refractivity contribution is 5.79. The number of hydrogen-bond donors (Lipinski definition) is 1. The molecule has 3 nitrogen and oxygen atoms in total. The van der Waals surface area contributed by atoms with Gasteiger partial charge in [-0.1, -0.05) is 60.4 Å². The second-order valence-corrected chi connectivity index (χ2v) is 5.30. The lowest BCUT2D eigenvalue weighted by Gasteiger charge is -2.11. The van der Waals surface area contributed by atoms with Gasteiger partial charge in [0.1, 0.15) is 5.82 Å². The first-order chi connectivity index (χ1) is 11.6. The van der Waals surface area contributed by atoms with Crippen molar-refractivity contribution in [1.82, 2.24) is 4.90 Å². The number of carboxylic acids is 1. The quantitative estimate of drug-likeness (QED) is 0.859. The van der Waals surface area contributed by atoms with E-state index in [1.807, 2.05) is 36.4 Å². The van der Waals surface area contributed by atoms with Crippen LogP contribution in [0.2, 0.25) is 0 Å². The maximum absolute atomic E-state index is 13.7. The van der Waals surface area contributed by atoms with E-state index in [-0.39, 0.29) is 12.4 Å². The lowest BCUT2D eigenvalue weighted by Crippen LogP contribution is -2.25. The van der Waals surface area contributed by atoms with Gasteiger partial charge in [-0.2, -0.15) is 0 Å². The van der Waals surface area contributed by atoms with Gasteiger partial charge in [0, 0.05) is 12.1 Å². The fourth-order valence-corrected chi connectivity index (χ4v) is 2.10. The first kappa shape index (κ1) is 17.5. The molecule has 0 unspecified atom stereocenters. The molecule has 0 saturated heterocycles. The lowest BCUT2D eigenvalue weighted by molar-refractivity contribution is -0.137. The van der Waals surface area contributed by atoms with Crippen molar-refractivity contribution >= 4 is 11.5 Å². The predicted molar refractivity (Wildman–Crippen MR) is 92.8 cm³/mol. The maximum atomic E-state index is 13.7. The number of nitrogens with zero attached hydrogens (tertiary/aromatic N) is 1. The summed E-state index contributed by atoms with van der Waals surface area (Å²) in [4.78, 5) is 12.4. The van der Waals surface area contributed by atoms with Crippen LogP contribution in [0.4, 0.5) is 4.39 Å². The molecule has 0 radical (unpaired) electrons. The van der Waals surface area contributed by atoms with Gasteiger partial charge in [-0.3, -0.25) is 9.69 Å². The molecule has 0 saturated carbocycles. The van der Waals surface area contributed by atoms with Crippen LogP contribution in [0.1, 0.15) is 11.1 Å². The van der Waals surface area contributed by atoms with Gasteiger partial charge < -0.3 is 5.11 Å². The summed E-state index contributed by atoms with van der Waals surface area (Å²) in [6, 6.07) is 15.9. The van der Waals surface area contributed by atoms with Crippen LogP contribution in [0.15, 0.2) is 60.7 Å². The molecule has 0 aliphatic heterocycles. The number of halogens is 1. The first-order valence-electron chi connectivity index (χ1n) is 7.48. The molecule has 0 bridgehead atoms. The van der Waals surface area contributed by atoms with Gasteiger partial charge in [0.25, 0.3) is 0 Å². The third-order valence-electron chi connectivity index (χ3n) is 3.30. The first-order valence-corrected chi connectivity index (χ1v) is 7.48. The molecule has 4 heteroatoms. The highest BCUT2D eigenvalue weighted by Crippen LogP contribution is 2.14. The zero-order valence-electron chi connectivity index (χ0n) is 13.4. The van der Waals surface area contributed by atoms with Crippen LogP contribution in [-0.2, 0) is 4.79 Å². The Morgan fingerprint density at radius 2 is 1.83 bits per heavy atom. The molecule has 0 fully saturated rings. The zero-order valence-corrected chi connectivity index (χ0v) is 13.4. The number of aliphatic carboxylic acids is 1. The molecule has 0 heterocycles. The van der Waals surface area contributed by atoms with Crippen LogP contribution in [0.3, 0.4) is 0 Å².